The molecule has 2 aliphatic carbocycles. The Hall–Kier alpha value is -1.51. The van der Waals surface area contributed by atoms with Gasteiger partial charge in [0.1, 0.15) is 0 Å². The van der Waals surface area contributed by atoms with E-state index in [0.717, 1.165) is 31.2 Å². The highest BCUT2D eigenvalue weighted by Gasteiger charge is 2.42. The van der Waals surface area contributed by atoms with E-state index >= 15 is 0 Å². The molecule has 2 fully saturated rings. The second-order valence-electron chi connectivity index (χ2n) is 6.19. The summed E-state index contributed by atoms with van der Waals surface area (Å²) in [7, 11) is 0. The van der Waals surface area contributed by atoms with Gasteiger partial charge in [0.2, 0.25) is 0 Å². The molecule has 0 unspecified atom stereocenters. The van der Waals surface area contributed by atoms with Crippen LogP contribution in [0.1, 0.15) is 37.7 Å². The number of hydrogen-bond donors (Lipinski definition) is 2. The molecule has 2 aliphatic rings. The van der Waals surface area contributed by atoms with Gasteiger partial charge in [0, 0.05) is 12.6 Å². The first-order valence-corrected chi connectivity index (χ1v) is 7.91. The van der Waals surface area contributed by atoms with Gasteiger partial charge in [0.05, 0.1) is 0 Å². The van der Waals surface area contributed by atoms with E-state index in [1.54, 1.807) is 0 Å². The van der Waals surface area contributed by atoms with E-state index in [1.807, 2.05) is 6.07 Å². The molecule has 1 aromatic carbocycles. The molecule has 0 aliphatic heterocycles. The Kier molecular flexibility index (Phi) is 4.24. The Labute approximate surface area is 121 Å². The summed E-state index contributed by atoms with van der Waals surface area (Å²) in [4.78, 5) is 11.9. The summed E-state index contributed by atoms with van der Waals surface area (Å²) in [6, 6.07) is 10.9. The fraction of sp³-hybridized carbons (Fsp3) is 0.588. The molecule has 0 radical (unpaired) electrons. The van der Waals surface area contributed by atoms with Crippen molar-refractivity contribution in [3.63, 3.8) is 0 Å². The Balaban J connectivity index is 1.32. The van der Waals surface area contributed by atoms with Gasteiger partial charge >= 0.3 is 6.03 Å². The molecule has 0 saturated heterocycles. The lowest BCUT2D eigenvalue weighted by atomic mass is 10.1. The summed E-state index contributed by atoms with van der Waals surface area (Å²) >= 11 is 0. The van der Waals surface area contributed by atoms with Crippen LogP contribution in [-0.4, -0.2) is 18.6 Å². The maximum absolute atomic E-state index is 11.9. The quantitative estimate of drug-likeness (QED) is 0.736. The van der Waals surface area contributed by atoms with Crippen LogP contribution < -0.4 is 10.6 Å². The molecule has 0 heterocycles. The molecule has 1 aromatic rings. The number of urea groups is 1. The van der Waals surface area contributed by atoms with Gasteiger partial charge in [0.15, 0.2) is 0 Å². The molecule has 2 amide bonds. The number of carbonyl (C=O) groups is 1. The van der Waals surface area contributed by atoms with Crippen molar-refractivity contribution in [1.82, 2.24) is 10.6 Å². The molecule has 0 spiro atoms. The fourth-order valence-corrected chi connectivity index (χ4v) is 2.87. The van der Waals surface area contributed by atoms with Crippen molar-refractivity contribution in [3.05, 3.63) is 35.9 Å². The van der Waals surface area contributed by atoms with Crippen molar-refractivity contribution in [1.29, 1.82) is 0 Å². The summed E-state index contributed by atoms with van der Waals surface area (Å²) in [5.41, 5.74) is 1.34. The fourth-order valence-electron chi connectivity index (χ4n) is 2.87. The SMILES string of the molecule is O=C(NCCCc1ccccc1)NC(C1CC1)C1CC1. The summed E-state index contributed by atoms with van der Waals surface area (Å²) < 4.78 is 0. The van der Waals surface area contributed by atoms with Crippen LogP contribution in [0.25, 0.3) is 0 Å². The van der Waals surface area contributed by atoms with E-state index < -0.39 is 0 Å². The third kappa shape index (κ3) is 3.99. The highest BCUT2D eigenvalue weighted by atomic mass is 16.2. The van der Waals surface area contributed by atoms with Crippen LogP contribution in [0.15, 0.2) is 30.3 Å². The van der Waals surface area contributed by atoms with Crippen LogP contribution in [0.4, 0.5) is 4.79 Å². The van der Waals surface area contributed by atoms with Gasteiger partial charge < -0.3 is 10.6 Å². The lowest BCUT2D eigenvalue weighted by Gasteiger charge is -2.18. The number of aryl methyl sites for hydroxylation is 1. The minimum Gasteiger partial charge on any atom is -0.338 e. The van der Waals surface area contributed by atoms with Gasteiger partial charge in [-0.05, 0) is 55.9 Å². The second kappa shape index (κ2) is 6.29. The molecule has 0 bridgehead atoms. The minimum absolute atomic E-state index is 0.0295. The van der Waals surface area contributed by atoms with Crippen LogP contribution in [0.2, 0.25) is 0 Å². The van der Waals surface area contributed by atoms with Gasteiger partial charge in [-0.15, -0.1) is 0 Å². The predicted octanol–water partition coefficient (Wildman–Crippen LogP) is 3.11. The van der Waals surface area contributed by atoms with E-state index in [9.17, 15) is 4.79 Å². The zero-order chi connectivity index (χ0) is 13.8. The van der Waals surface area contributed by atoms with E-state index in [2.05, 4.69) is 34.9 Å². The molecule has 3 nitrogen and oxygen atoms in total. The van der Waals surface area contributed by atoms with Crippen LogP contribution >= 0.6 is 0 Å². The number of amides is 2. The minimum atomic E-state index is 0.0295. The highest BCUT2D eigenvalue weighted by Crippen LogP contribution is 2.44. The van der Waals surface area contributed by atoms with E-state index in [-0.39, 0.29) is 6.03 Å². The maximum atomic E-state index is 11.9. The topological polar surface area (TPSA) is 41.1 Å². The zero-order valence-electron chi connectivity index (χ0n) is 12.0. The first-order valence-electron chi connectivity index (χ1n) is 7.91. The van der Waals surface area contributed by atoms with Crippen molar-refractivity contribution >= 4 is 6.03 Å². The van der Waals surface area contributed by atoms with E-state index in [1.165, 1.54) is 31.2 Å². The van der Waals surface area contributed by atoms with Crippen LogP contribution in [0.3, 0.4) is 0 Å². The Morgan fingerprint density at radius 2 is 1.75 bits per heavy atom. The monoisotopic (exact) mass is 272 g/mol. The number of rotatable bonds is 7. The normalized spacial score (nSPS) is 18.1. The van der Waals surface area contributed by atoms with Gasteiger partial charge in [-0.3, -0.25) is 0 Å². The molecule has 0 atom stereocenters. The zero-order valence-corrected chi connectivity index (χ0v) is 12.0. The van der Waals surface area contributed by atoms with E-state index in [0.29, 0.717) is 6.04 Å². The van der Waals surface area contributed by atoms with Crippen molar-refractivity contribution < 1.29 is 4.79 Å². The number of carbonyl (C=O) groups excluding carboxylic acids is 1. The van der Waals surface area contributed by atoms with Gasteiger partial charge in [0.25, 0.3) is 0 Å². The average molecular weight is 272 g/mol. The Bertz CT molecular complexity index is 426. The third-order valence-corrected chi connectivity index (χ3v) is 4.33. The molecule has 2 saturated carbocycles. The summed E-state index contributed by atoms with van der Waals surface area (Å²) in [5.74, 6) is 1.52. The lowest BCUT2D eigenvalue weighted by Crippen LogP contribution is -2.44. The Morgan fingerprint density at radius 1 is 1.10 bits per heavy atom. The average Bonchev–Trinajstić information content (AvgIpc) is 3.35. The summed E-state index contributed by atoms with van der Waals surface area (Å²) in [5, 5.41) is 6.19. The standard InChI is InChI=1S/C17H24N2O/c20-17(19-16(14-8-9-14)15-10-11-15)18-12-4-7-13-5-2-1-3-6-13/h1-3,5-6,14-16H,4,7-12H2,(H2,18,19,20). The number of benzene rings is 1. The first-order chi connectivity index (χ1) is 9.83. The molecule has 2 N–H and O–H groups in total. The first kappa shape index (κ1) is 13.5. The molecule has 0 aromatic heterocycles. The largest absolute Gasteiger partial charge is 0.338 e. The summed E-state index contributed by atoms with van der Waals surface area (Å²) in [6.45, 7) is 0.753. The molecule has 108 valence electrons. The molecular weight excluding hydrogens is 248 g/mol. The molecule has 3 rings (SSSR count). The van der Waals surface area contributed by atoms with Gasteiger partial charge in [-0.25, -0.2) is 4.79 Å². The molecule has 20 heavy (non-hydrogen) atoms. The van der Waals surface area contributed by atoms with Gasteiger partial charge in [-0.2, -0.15) is 0 Å². The van der Waals surface area contributed by atoms with Crippen molar-refractivity contribution in [3.8, 4) is 0 Å². The Morgan fingerprint density at radius 3 is 2.35 bits per heavy atom. The third-order valence-electron chi connectivity index (χ3n) is 4.33. The maximum Gasteiger partial charge on any atom is 0.315 e. The van der Waals surface area contributed by atoms with Crippen LogP contribution in [-0.2, 0) is 6.42 Å². The second-order valence-corrected chi connectivity index (χ2v) is 6.19. The van der Waals surface area contributed by atoms with Crippen molar-refractivity contribution in [2.24, 2.45) is 11.8 Å². The predicted molar refractivity (Wildman–Crippen MR) is 80.5 cm³/mol. The number of nitrogens with one attached hydrogen (secondary N) is 2. The highest BCUT2D eigenvalue weighted by molar-refractivity contribution is 5.74. The molecule has 3 heteroatoms. The van der Waals surface area contributed by atoms with Crippen LogP contribution in [0, 0.1) is 11.8 Å². The lowest BCUT2D eigenvalue weighted by molar-refractivity contribution is 0.233. The summed E-state index contributed by atoms with van der Waals surface area (Å²) in [6.07, 6.45) is 7.22. The van der Waals surface area contributed by atoms with Crippen molar-refractivity contribution in [2.45, 2.75) is 44.6 Å². The smallest absolute Gasteiger partial charge is 0.315 e. The van der Waals surface area contributed by atoms with Crippen LogP contribution in [0.5, 0.6) is 0 Å². The van der Waals surface area contributed by atoms with Gasteiger partial charge in [-0.1, -0.05) is 30.3 Å². The number of hydrogen-bond acceptors (Lipinski definition) is 1. The molecular formula is C17H24N2O. The van der Waals surface area contributed by atoms with E-state index in [4.69, 9.17) is 0 Å². The van der Waals surface area contributed by atoms with Crippen molar-refractivity contribution in [2.75, 3.05) is 6.54 Å².